The van der Waals surface area contributed by atoms with Crippen molar-refractivity contribution in [3.63, 3.8) is 0 Å². The molecule has 4 aromatic rings. The second-order valence-corrected chi connectivity index (χ2v) is 7.70. The molecule has 0 fully saturated rings. The number of benzene rings is 3. The van der Waals surface area contributed by atoms with E-state index < -0.39 is 0 Å². The van der Waals surface area contributed by atoms with Crippen LogP contribution in [0.3, 0.4) is 0 Å². The SMILES string of the molecule is Cc1ccccc1COc1ccc(/C=N/n2cnnc2SCc2ccccc2)cc1. The second-order valence-electron chi connectivity index (χ2n) is 6.76. The summed E-state index contributed by atoms with van der Waals surface area (Å²) >= 11 is 1.61. The molecule has 3 aromatic carbocycles. The Hall–Kier alpha value is -3.38. The van der Waals surface area contributed by atoms with E-state index in [1.54, 1.807) is 29.0 Å². The van der Waals surface area contributed by atoms with Crippen molar-refractivity contribution in [2.45, 2.75) is 24.4 Å². The van der Waals surface area contributed by atoms with Crippen LogP contribution in [0, 0.1) is 6.92 Å². The Bertz CT molecular complexity index is 1110. The van der Waals surface area contributed by atoms with Gasteiger partial charge in [-0.3, -0.25) is 0 Å². The molecular formula is C24H22N4OS. The molecule has 30 heavy (non-hydrogen) atoms. The number of hydrogen-bond acceptors (Lipinski definition) is 5. The first-order chi connectivity index (χ1) is 14.8. The van der Waals surface area contributed by atoms with Crippen molar-refractivity contribution in [1.29, 1.82) is 0 Å². The van der Waals surface area contributed by atoms with Crippen LogP contribution in [-0.4, -0.2) is 21.1 Å². The van der Waals surface area contributed by atoms with Gasteiger partial charge in [0.05, 0.1) is 6.21 Å². The summed E-state index contributed by atoms with van der Waals surface area (Å²) in [5, 5.41) is 13.4. The Morgan fingerprint density at radius 1 is 0.967 bits per heavy atom. The minimum atomic E-state index is 0.558. The number of hydrogen-bond donors (Lipinski definition) is 0. The van der Waals surface area contributed by atoms with Gasteiger partial charge < -0.3 is 4.74 Å². The molecule has 0 aliphatic heterocycles. The van der Waals surface area contributed by atoms with Gasteiger partial charge in [0.25, 0.3) is 0 Å². The summed E-state index contributed by atoms with van der Waals surface area (Å²) in [6.07, 6.45) is 3.41. The highest BCUT2D eigenvalue weighted by molar-refractivity contribution is 7.98. The minimum absolute atomic E-state index is 0.558. The van der Waals surface area contributed by atoms with Crippen molar-refractivity contribution >= 4 is 18.0 Å². The van der Waals surface area contributed by atoms with Gasteiger partial charge in [-0.1, -0.05) is 66.4 Å². The lowest BCUT2D eigenvalue weighted by molar-refractivity contribution is 0.305. The third-order valence-electron chi connectivity index (χ3n) is 4.58. The van der Waals surface area contributed by atoms with Gasteiger partial charge in [-0.2, -0.15) is 9.78 Å². The Balaban J connectivity index is 1.34. The third-order valence-corrected chi connectivity index (χ3v) is 5.58. The predicted molar refractivity (Wildman–Crippen MR) is 121 cm³/mol. The highest BCUT2D eigenvalue weighted by Crippen LogP contribution is 2.20. The summed E-state index contributed by atoms with van der Waals surface area (Å²) in [5.41, 5.74) is 4.64. The molecule has 1 heterocycles. The maximum absolute atomic E-state index is 5.90. The van der Waals surface area contributed by atoms with E-state index in [9.17, 15) is 0 Å². The number of rotatable bonds is 8. The van der Waals surface area contributed by atoms with E-state index in [-0.39, 0.29) is 0 Å². The number of thioether (sulfide) groups is 1. The van der Waals surface area contributed by atoms with Gasteiger partial charge in [0.15, 0.2) is 0 Å². The highest BCUT2D eigenvalue weighted by atomic mass is 32.2. The zero-order valence-corrected chi connectivity index (χ0v) is 17.5. The molecule has 0 saturated heterocycles. The summed E-state index contributed by atoms with van der Waals surface area (Å²) in [6, 6.07) is 26.4. The Labute approximate surface area is 180 Å². The monoisotopic (exact) mass is 414 g/mol. The quantitative estimate of drug-likeness (QED) is 0.288. The highest BCUT2D eigenvalue weighted by Gasteiger charge is 2.04. The third kappa shape index (κ3) is 5.36. The van der Waals surface area contributed by atoms with Crippen LogP contribution < -0.4 is 4.74 Å². The van der Waals surface area contributed by atoms with E-state index >= 15 is 0 Å². The van der Waals surface area contributed by atoms with Crippen LogP contribution >= 0.6 is 11.8 Å². The molecule has 0 spiro atoms. The van der Waals surface area contributed by atoms with E-state index in [2.05, 4.69) is 46.5 Å². The first kappa shape index (κ1) is 19.9. The lowest BCUT2D eigenvalue weighted by Crippen LogP contribution is -1.97. The predicted octanol–water partition coefficient (Wildman–Crippen LogP) is 5.34. The summed E-state index contributed by atoms with van der Waals surface area (Å²) < 4.78 is 7.59. The van der Waals surface area contributed by atoms with Crippen molar-refractivity contribution in [3.05, 3.63) is 107 Å². The van der Waals surface area contributed by atoms with Crippen molar-refractivity contribution in [3.8, 4) is 5.75 Å². The molecule has 150 valence electrons. The summed E-state index contributed by atoms with van der Waals surface area (Å²) in [6.45, 7) is 2.65. The van der Waals surface area contributed by atoms with Crippen LogP contribution in [0.15, 0.2) is 95.4 Å². The van der Waals surface area contributed by atoms with Gasteiger partial charge in [-0.15, -0.1) is 10.2 Å². The van der Waals surface area contributed by atoms with Gasteiger partial charge >= 0.3 is 0 Å². The number of nitrogens with zero attached hydrogens (tertiary/aromatic N) is 4. The van der Waals surface area contributed by atoms with Gasteiger partial charge in [0.1, 0.15) is 18.7 Å². The maximum atomic E-state index is 5.90. The molecule has 1 aromatic heterocycles. The molecule has 0 saturated carbocycles. The molecule has 0 N–H and O–H groups in total. The molecule has 0 amide bonds. The Kier molecular flexibility index (Phi) is 6.57. The fourth-order valence-corrected chi connectivity index (χ4v) is 3.65. The van der Waals surface area contributed by atoms with Crippen LogP contribution in [-0.2, 0) is 12.4 Å². The standard InChI is InChI=1S/C24H22N4OS/c1-19-7-5-6-10-22(19)16-29-23-13-11-20(12-14-23)15-26-28-18-25-27-24(28)30-17-21-8-3-2-4-9-21/h2-15,18H,16-17H2,1H3/b26-15+. The first-order valence-corrected chi connectivity index (χ1v) is 10.6. The molecule has 0 aliphatic carbocycles. The fraction of sp³-hybridized carbons (Fsp3) is 0.125. The summed E-state index contributed by atoms with van der Waals surface area (Å²) in [4.78, 5) is 0. The number of aromatic nitrogens is 3. The average Bonchev–Trinajstić information content (AvgIpc) is 3.24. The van der Waals surface area contributed by atoms with E-state index in [1.807, 2.05) is 54.6 Å². The topological polar surface area (TPSA) is 52.3 Å². The van der Waals surface area contributed by atoms with Gasteiger partial charge in [-0.05, 0) is 53.4 Å². The zero-order chi connectivity index (χ0) is 20.6. The van der Waals surface area contributed by atoms with E-state index in [0.29, 0.717) is 6.61 Å². The van der Waals surface area contributed by atoms with Crippen LogP contribution in [0.1, 0.15) is 22.3 Å². The lowest BCUT2D eigenvalue weighted by atomic mass is 10.1. The van der Waals surface area contributed by atoms with Crippen LogP contribution in [0.2, 0.25) is 0 Å². The van der Waals surface area contributed by atoms with Crippen molar-refractivity contribution in [1.82, 2.24) is 14.9 Å². The fourth-order valence-electron chi connectivity index (χ4n) is 2.83. The van der Waals surface area contributed by atoms with E-state index in [1.165, 1.54) is 16.7 Å². The van der Waals surface area contributed by atoms with Gasteiger partial charge in [0.2, 0.25) is 5.16 Å². The molecule has 0 radical (unpaired) electrons. The average molecular weight is 415 g/mol. The molecule has 0 aliphatic rings. The number of aryl methyl sites for hydroxylation is 1. The molecule has 6 heteroatoms. The van der Waals surface area contributed by atoms with Crippen molar-refractivity contribution < 1.29 is 4.74 Å². The first-order valence-electron chi connectivity index (χ1n) is 9.66. The number of ether oxygens (including phenoxy) is 1. The summed E-state index contributed by atoms with van der Waals surface area (Å²) in [5.74, 6) is 1.65. The Morgan fingerprint density at radius 2 is 1.73 bits per heavy atom. The maximum Gasteiger partial charge on any atom is 0.212 e. The minimum Gasteiger partial charge on any atom is -0.489 e. The second kappa shape index (κ2) is 9.89. The normalized spacial score (nSPS) is 11.1. The largest absolute Gasteiger partial charge is 0.489 e. The van der Waals surface area contributed by atoms with Gasteiger partial charge in [0, 0.05) is 5.75 Å². The smallest absolute Gasteiger partial charge is 0.212 e. The molecule has 0 bridgehead atoms. The van der Waals surface area contributed by atoms with Gasteiger partial charge in [-0.25, -0.2) is 0 Å². The van der Waals surface area contributed by atoms with E-state index in [4.69, 9.17) is 4.74 Å². The molecular weight excluding hydrogens is 392 g/mol. The summed E-state index contributed by atoms with van der Waals surface area (Å²) in [7, 11) is 0. The Morgan fingerprint density at radius 3 is 2.53 bits per heavy atom. The van der Waals surface area contributed by atoms with Crippen LogP contribution in [0.4, 0.5) is 0 Å². The molecule has 0 unspecified atom stereocenters. The molecule has 5 nitrogen and oxygen atoms in total. The molecule has 0 atom stereocenters. The van der Waals surface area contributed by atoms with Crippen molar-refractivity contribution in [2.75, 3.05) is 0 Å². The van der Waals surface area contributed by atoms with Crippen LogP contribution in [0.25, 0.3) is 0 Å². The van der Waals surface area contributed by atoms with Crippen LogP contribution in [0.5, 0.6) is 5.75 Å². The van der Waals surface area contributed by atoms with E-state index in [0.717, 1.165) is 22.2 Å². The molecule has 4 rings (SSSR count). The zero-order valence-electron chi connectivity index (χ0n) is 16.7. The van der Waals surface area contributed by atoms with Crippen molar-refractivity contribution in [2.24, 2.45) is 5.10 Å². The lowest BCUT2D eigenvalue weighted by Gasteiger charge is -2.08.